The van der Waals surface area contributed by atoms with Crippen LogP contribution in [0.15, 0.2) is 0 Å². The van der Waals surface area contributed by atoms with Crippen molar-refractivity contribution in [3.8, 4) is 0 Å². The van der Waals surface area contributed by atoms with Gasteiger partial charge in [-0.2, -0.15) is 0 Å². The minimum atomic E-state index is -0.166. The van der Waals surface area contributed by atoms with E-state index in [2.05, 4.69) is 17.1 Å². The summed E-state index contributed by atoms with van der Waals surface area (Å²) in [4.78, 5) is 14.5. The van der Waals surface area contributed by atoms with Crippen LogP contribution in [-0.4, -0.2) is 46.7 Å². The first-order valence-electron chi connectivity index (χ1n) is 7.60. The Hall–Kier alpha value is -0.610. The molecule has 1 saturated carbocycles. The van der Waals surface area contributed by atoms with Crippen LogP contribution in [-0.2, 0) is 4.79 Å². The molecule has 112 valence electrons. The molecule has 0 heterocycles. The quantitative estimate of drug-likeness (QED) is 0.743. The normalized spacial score (nSPS) is 18.8. The van der Waals surface area contributed by atoms with Gasteiger partial charge in [0, 0.05) is 18.1 Å². The van der Waals surface area contributed by atoms with Crippen LogP contribution in [0.4, 0.5) is 0 Å². The van der Waals surface area contributed by atoms with Gasteiger partial charge in [-0.15, -0.1) is 0 Å². The first-order chi connectivity index (χ1) is 8.91. The molecule has 0 spiro atoms. The van der Waals surface area contributed by atoms with E-state index in [9.17, 15) is 9.90 Å². The van der Waals surface area contributed by atoms with Crippen molar-refractivity contribution < 1.29 is 9.90 Å². The molecule has 1 amide bonds. The van der Waals surface area contributed by atoms with Crippen molar-refractivity contribution in [3.63, 3.8) is 0 Å². The monoisotopic (exact) mass is 270 g/mol. The average Bonchev–Trinajstić information content (AvgIpc) is 2.88. The Morgan fingerprint density at radius 1 is 1.42 bits per heavy atom. The van der Waals surface area contributed by atoms with Crippen molar-refractivity contribution in [3.05, 3.63) is 0 Å². The Morgan fingerprint density at radius 3 is 2.47 bits per heavy atom. The molecule has 0 aromatic carbocycles. The molecule has 0 saturated heterocycles. The van der Waals surface area contributed by atoms with E-state index in [0.29, 0.717) is 12.6 Å². The van der Waals surface area contributed by atoms with E-state index < -0.39 is 0 Å². The molecule has 1 aliphatic carbocycles. The Bertz CT molecular complexity index is 286. The minimum Gasteiger partial charge on any atom is -0.395 e. The van der Waals surface area contributed by atoms with E-state index in [4.69, 9.17) is 0 Å². The molecule has 4 nitrogen and oxygen atoms in total. The SMILES string of the molecule is CCC(C)(C)NC(=O)C(C)N(CCO)C1CCCC1. The maximum absolute atomic E-state index is 12.4. The molecule has 0 aromatic heterocycles. The lowest BCUT2D eigenvalue weighted by Crippen LogP contribution is -2.54. The number of aliphatic hydroxyl groups excluding tert-OH is 1. The molecule has 1 aliphatic rings. The molecule has 0 aliphatic heterocycles. The number of carbonyl (C=O) groups is 1. The predicted octanol–water partition coefficient (Wildman–Crippen LogP) is 1.92. The number of hydrogen-bond donors (Lipinski definition) is 2. The first kappa shape index (κ1) is 16.4. The summed E-state index contributed by atoms with van der Waals surface area (Å²) in [7, 11) is 0. The van der Waals surface area contributed by atoms with E-state index in [1.54, 1.807) is 0 Å². The maximum Gasteiger partial charge on any atom is 0.237 e. The minimum absolute atomic E-state index is 0.0761. The zero-order valence-corrected chi connectivity index (χ0v) is 12.9. The molecule has 1 atom stereocenters. The fourth-order valence-corrected chi connectivity index (χ4v) is 2.72. The van der Waals surface area contributed by atoms with Crippen LogP contribution in [0.2, 0.25) is 0 Å². The molecule has 1 unspecified atom stereocenters. The second kappa shape index (κ2) is 7.25. The third-order valence-electron chi connectivity index (χ3n) is 4.37. The van der Waals surface area contributed by atoms with Crippen LogP contribution in [0, 0.1) is 0 Å². The van der Waals surface area contributed by atoms with Gasteiger partial charge in [0.1, 0.15) is 0 Å². The lowest BCUT2D eigenvalue weighted by molar-refractivity contribution is -0.128. The highest BCUT2D eigenvalue weighted by atomic mass is 16.3. The van der Waals surface area contributed by atoms with Gasteiger partial charge in [-0.05, 0) is 40.0 Å². The van der Waals surface area contributed by atoms with E-state index in [0.717, 1.165) is 19.3 Å². The molecular formula is C15H30N2O2. The van der Waals surface area contributed by atoms with Gasteiger partial charge in [-0.1, -0.05) is 19.8 Å². The van der Waals surface area contributed by atoms with Crippen molar-refractivity contribution >= 4 is 5.91 Å². The third kappa shape index (κ3) is 4.77. The fraction of sp³-hybridized carbons (Fsp3) is 0.933. The van der Waals surface area contributed by atoms with Crippen molar-refractivity contribution in [1.82, 2.24) is 10.2 Å². The smallest absolute Gasteiger partial charge is 0.237 e. The summed E-state index contributed by atoms with van der Waals surface area (Å²) < 4.78 is 0. The molecule has 1 fully saturated rings. The molecule has 0 aromatic rings. The Balaban J connectivity index is 2.64. The maximum atomic E-state index is 12.4. The van der Waals surface area contributed by atoms with Gasteiger partial charge >= 0.3 is 0 Å². The van der Waals surface area contributed by atoms with Crippen molar-refractivity contribution in [2.45, 2.75) is 77.4 Å². The van der Waals surface area contributed by atoms with Crippen LogP contribution < -0.4 is 5.32 Å². The molecule has 0 bridgehead atoms. The zero-order valence-electron chi connectivity index (χ0n) is 12.9. The van der Waals surface area contributed by atoms with Crippen LogP contribution in [0.1, 0.15) is 59.8 Å². The second-order valence-corrected chi connectivity index (χ2v) is 6.30. The van der Waals surface area contributed by atoms with E-state index in [1.165, 1.54) is 12.8 Å². The Morgan fingerprint density at radius 2 is 2.00 bits per heavy atom. The number of rotatable bonds is 7. The van der Waals surface area contributed by atoms with E-state index in [1.807, 2.05) is 20.8 Å². The predicted molar refractivity (Wildman–Crippen MR) is 78.0 cm³/mol. The van der Waals surface area contributed by atoms with Crippen molar-refractivity contribution in [2.75, 3.05) is 13.2 Å². The summed E-state index contributed by atoms with van der Waals surface area (Å²) in [6.07, 6.45) is 5.68. The topological polar surface area (TPSA) is 52.6 Å². The number of amides is 1. The summed E-state index contributed by atoms with van der Waals surface area (Å²) in [5.74, 6) is 0.0761. The summed E-state index contributed by atoms with van der Waals surface area (Å²) in [5, 5.41) is 12.3. The zero-order chi connectivity index (χ0) is 14.5. The fourth-order valence-electron chi connectivity index (χ4n) is 2.72. The van der Waals surface area contributed by atoms with Gasteiger partial charge in [0.05, 0.1) is 12.6 Å². The van der Waals surface area contributed by atoms with Crippen LogP contribution >= 0.6 is 0 Å². The van der Waals surface area contributed by atoms with Gasteiger partial charge in [0.15, 0.2) is 0 Å². The summed E-state index contributed by atoms with van der Waals surface area (Å²) >= 11 is 0. The summed E-state index contributed by atoms with van der Waals surface area (Å²) in [6.45, 7) is 8.83. The Labute approximate surface area is 117 Å². The van der Waals surface area contributed by atoms with Gasteiger partial charge in [-0.3, -0.25) is 9.69 Å². The molecule has 1 rings (SSSR count). The highest BCUT2D eigenvalue weighted by molar-refractivity contribution is 5.82. The molecule has 2 N–H and O–H groups in total. The number of carbonyl (C=O) groups excluding carboxylic acids is 1. The van der Waals surface area contributed by atoms with Gasteiger partial charge in [0.25, 0.3) is 0 Å². The van der Waals surface area contributed by atoms with E-state index >= 15 is 0 Å². The number of hydrogen-bond acceptors (Lipinski definition) is 3. The van der Waals surface area contributed by atoms with Crippen molar-refractivity contribution in [1.29, 1.82) is 0 Å². The highest BCUT2D eigenvalue weighted by Crippen LogP contribution is 2.25. The van der Waals surface area contributed by atoms with Gasteiger partial charge in [0.2, 0.25) is 5.91 Å². The lowest BCUT2D eigenvalue weighted by Gasteiger charge is -2.35. The van der Waals surface area contributed by atoms with Gasteiger partial charge in [-0.25, -0.2) is 0 Å². The lowest BCUT2D eigenvalue weighted by atomic mass is 10.0. The van der Waals surface area contributed by atoms with Crippen LogP contribution in [0.25, 0.3) is 0 Å². The van der Waals surface area contributed by atoms with E-state index in [-0.39, 0.29) is 24.1 Å². The first-order valence-corrected chi connectivity index (χ1v) is 7.60. The van der Waals surface area contributed by atoms with Crippen LogP contribution in [0.5, 0.6) is 0 Å². The Kier molecular flexibility index (Phi) is 6.27. The molecule has 4 heteroatoms. The number of nitrogens with zero attached hydrogens (tertiary/aromatic N) is 1. The van der Waals surface area contributed by atoms with Crippen molar-refractivity contribution in [2.24, 2.45) is 0 Å². The highest BCUT2D eigenvalue weighted by Gasteiger charge is 2.31. The summed E-state index contributed by atoms with van der Waals surface area (Å²) in [6, 6.07) is 0.290. The third-order valence-corrected chi connectivity index (χ3v) is 4.37. The standard InChI is InChI=1S/C15H30N2O2/c1-5-15(3,4)16-14(19)12(2)17(10-11-18)13-8-6-7-9-13/h12-13,18H,5-11H2,1-4H3,(H,16,19). The largest absolute Gasteiger partial charge is 0.395 e. The summed E-state index contributed by atoms with van der Waals surface area (Å²) in [5.41, 5.74) is -0.161. The number of aliphatic hydroxyl groups is 1. The van der Waals surface area contributed by atoms with Gasteiger partial charge < -0.3 is 10.4 Å². The molecule has 19 heavy (non-hydrogen) atoms. The number of nitrogens with one attached hydrogen (secondary N) is 1. The molecule has 0 radical (unpaired) electrons. The van der Waals surface area contributed by atoms with Crippen LogP contribution in [0.3, 0.4) is 0 Å². The second-order valence-electron chi connectivity index (χ2n) is 6.30. The average molecular weight is 270 g/mol. The molecular weight excluding hydrogens is 240 g/mol.